The van der Waals surface area contributed by atoms with Gasteiger partial charge in [-0.3, -0.25) is 9.89 Å². The summed E-state index contributed by atoms with van der Waals surface area (Å²) >= 11 is 12.0. The second kappa shape index (κ2) is 8.95. The molecule has 1 unspecified atom stereocenters. The van der Waals surface area contributed by atoms with Crippen molar-refractivity contribution in [3.63, 3.8) is 0 Å². The molecule has 1 amide bonds. The summed E-state index contributed by atoms with van der Waals surface area (Å²) in [4.78, 5) is 16.7. The van der Waals surface area contributed by atoms with Crippen LogP contribution in [0.4, 0.5) is 0 Å². The van der Waals surface area contributed by atoms with Gasteiger partial charge in [0.1, 0.15) is 22.3 Å². The van der Waals surface area contributed by atoms with Crippen LogP contribution in [0.15, 0.2) is 42.5 Å². The van der Waals surface area contributed by atoms with E-state index in [1.165, 1.54) is 0 Å². The van der Waals surface area contributed by atoms with Crippen molar-refractivity contribution in [2.24, 2.45) is 0 Å². The Balaban J connectivity index is 1.57. The van der Waals surface area contributed by atoms with Gasteiger partial charge in [0.15, 0.2) is 11.9 Å². The van der Waals surface area contributed by atoms with Crippen LogP contribution >= 0.6 is 23.2 Å². The van der Waals surface area contributed by atoms with E-state index in [1.807, 2.05) is 24.3 Å². The molecular weight excluding hydrogens is 403 g/mol. The zero-order valence-electron chi connectivity index (χ0n) is 15.2. The van der Waals surface area contributed by atoms with Gasteiger partial charge in [-0.25, -0.2) is 4.98 Å². The molecule has 0 aliphatic carbocycles. The number of halogens is 2. The third kappa shape index (κ3) is 4.74. The Kier molecular flexibility index (Phi) is 6.38. The lowest BCUT2D eigenvalue weighted by atomic mass is 10.2. The summed E-state index contributed by atoms with van der Waals surface area (Å²) in [6.45, 7) is 1.80. The van der Waals surface area contributed by atoms with Gasteiger partial charge in [-0.15, -0.1) is 0 Å². The predicted octanol–water partition coefficient (Wildman–Crippen LogP) is 3.87. The predicted molar refractivity (Wildman–Crippen MR) is 107 cm³/mol. The van der Waals surface area contributed by atoms with Crippen molar-refractivity contribution in [3.8, 4) is 22.9 Å². The molecule has 3 aromatic rings. The Morgan fingerprint density at radius 2 is 1.96 bits per heavy atom. The molecular formula is C19H18Cl2N4O3. The highest BCUT2D eigenvalue weighted by Crippen LogP contribution is 2.32. The zero-order chi connectivity index (χ0) is 20.1. The Bertz CT molecular complexity index is 960. The lowest BCUT2D eigenvalue weighted by molar-refractivity contribution is -0.127. The van der Waals surface area contributed by atoms with Gasteiger partial charge in [-0.2, -0.15) is 5.10 Å². The number of methoxy groups -OCH3 is 1. The molecule has 2 aromatic carbocycles. The van der Waals surface area contributed by atoms with Crippen LogP contribution in [-0.4, -0.2) is 34.3 Å². The number of rotatable bonds is 7. The number of amides is 1. The fourth-order valence-corrected chi connectivity index (χ4v) is 2.71. The van der Waals surface area contributed by atoms with Crippen LogP contribution < -0.4 is 14.8 Å². The standard InChI is InChI=1S/C19H18Cl2N4O3/c1-11(28-15-5-3-4-14(20)17(15)21)19(26)22-10-16-23-18(25-24-16)12-6-8-13(27-2)9-7-12/h3-9,11H,10H2,1-2H3,(H,22,26)(H,23,24,25). The average molecular weight is 421 g/mol. The number of benzene rings is 2. The minimum atomic E-state index is -0.764. The molecule has 0 saturated carbocycles. The summed E-state index contributed by atoms with van der Waals surface area (Å²) in [6, 6.07) is 12.4. The van der Waals surface area contributed by atoms with E-state index in [1.54, 1.807) is 32.2 Å². The van der Waals surface area contributed by atoms with Crippen LogP contribution in [0.2, 0.25) is 10.0 Å². The van der Waals surface area contributed by atoms with Gasteiger partial charge in [0.25, 0.3) is 5.91 Å². The normalized spacial score (nSPS) is 11.7. The van der Waals surface area contributed by atoms with Crippen molar-refractivity contribution >= 4 is 29.1 Å². The number of H-pyrrole nitrogens is 1. The first-order valence-electron chi connectivity index (χ1n) is 8.42. The molecule has 0 spiro atoms. The van der Waals surface area contributed by atoms with E-state index in [0.29, 0.717) is 22.4 Å². The molecule has 0 radical (unpaired) electrons. The maximum atomic E-state index is 12.3. The molecule has 1 atom stereocenters. The van der Waals surface area contributed by atoms with Crippen LogP contribution in [0.5, 0.6) is 11.5 Å². The van der Waals surface area contributed by atoms with Crippen LogP contribution in [-0.2, 0) is 11.3 Å². The van der Waals surface area contributed by atoms with Gasteiger partial charge in [-0.1, -0.05) is 29.3 Å². The molecule has 1 heterocycles. The topological polar surface area (TPSA) is 89.1 Å². The van der Waals surface area contributed by atoms with Gasteiger partial charge >= 0.3 is 0 Å². The first kappa shape index (κ1) is 20.0. The first-order chi connectivity index (χ1) is 13.5. The minimum absolute atomic E-state index is 0.180. The van der Waals surface area contributed by atoms with Crippen molar-refractivity contribution in [1.82, 2.24) is 20.5 Å². The number of carbonyl (C=O) groups is 1. The van der Waals surface area contributed by atoms with Gasteiger partial charge in [0.2, 0.25) is 0 Å². The largest absolute Gasteiger partial charge is 0.497 e. The molecule has 3 rings (SSSR count). The number of nitrogens with zero attached hydrogens (tertiary/aromatic N) is 2. The molecule has 146 valence electrons. The molecule has 0 bridgehead atoms. The highest BCUT2D eigenvalue weighted by atomic mass is 35.5. The number of nitrogens with one attached hydrogen (secondary N) is 2. The highest BCUT2D eigenvalue weighted by molar-refractivity contribution is 6.42. The Morgan fingerprint density at radius 3 is 2.68 bits per heavy atom. The molecule has 28 heavy (non-hydrogen) atoms. The van der Waals surface area contributed by atoms with Crippen molar-refractivity contribution in [3.05, 3.63) is 58.3 Å². The third-order valence-electron chi connectivity index (χ3n) is 3.90. The van der Waals surface area contributed by atoms with Crippen molar-refractivity contribution in [2.75, 3.05) is 7.11 Å². The number of hydrogen-bond donors (Lipinski definition) is 2. The lowest BCUT2D eigenvalue weighted by Crippen LogP contribution is -2.36. The Labute approximate surface area is 172 Å². The summed E-state index contributed by atoms with van der Waals surface area (Å²) < 4.78 is 10.7. The maximum absolute atomic E-state index is 12.3. The van der Waals surface area contributed by atoms with Crippen LogP contribution in [0.3, 0.4) is 0 Å². The van der Waals surface area contributed by atoms with Gasteiger partial charge < -0.3 is 14.8 Å². The SMILES string of the molecule is COc1ccc(-c2n[nH]c(CNC(=O)C(C)Oc3cccc(Cl)c3Cl)n2)cc1. The second-order valence-corrected chi connectivity index (χ2v) is 6.65. The van der Waals surface area contributed by atoms with Gasteiger partial charge in [-0.05, 0) is 43.3 Å². The third-order valence-corrected chi connectivity index (χ3v) is 4.70. The smallest absolute Gasteiger partial charge is 0.261 e. The summed E-state index contributed by atoms with van der Waals surface area (Å²) in [7, 11) is 1.60. The molecule has 0 aliphatic heterocycles. The van der Waals surface area contributed by atoms with E-state index in [2.05, 4.69) is 20.5 Å². The van der Waals surface area contributed by atoms with Crippen LogP contribution in [0.25, 0.3) is 11.4 Å². The minimum Gasteiger partial charge on any atom is -0.497 e. The van der Waals surface area contributed by atoms with E-state index in [9.17, 15) is 4.79 Å². The molecule has 2 N–H and O–H groups in total. The van der Waals surface area contributed by atoms with E-state index >= 15 is 0 Å². The zero-order valence-corrected chi connectivity index (χ0v) is 16.7. The molecule has 0 aliphatic rings. The van der Waals surface area contributed by atoms with Crippen LogP contribution in [0.1, 0.15) is 12.7 Å². The molecule has 1 aromatic heterocycles. The number of aromatic amines is 1. The van der Waals surface area contributed by atoms with Crippen molar-refractivity contribution < 1.29 is 14.3 Å². The maximum Gasteiger partial charge on any atom is 0.261 e. The molecule has 0 fully saturated rings. The fraction of sp³-hybridized carbons (Fsp3) is 0.211. The van der Waals surface area contributed by atoms with E-state index in [4.69, 9.17) is 32.7 Å². The lowest BCUT2D eigenvalue weighted by Gasteiger charge is -2.15. The van der Waals surface area contributed by atoms with E-state index in [0.717, 1.165) is 11.3 Å². The number of ether oxygens (including phenoxy) is 2. The quantitative estimate of drug-likeness (QED) is 0.605. The van der Waals surface area contributed by atoms with Crippen LogP contribution in [0, 0.1) is 0 Å². The monoisotopic (exact) mass is 420 g/mol. The fourth-order valence-electron chi connectivity index (χ4n) is 2.38. The van der Waals surface area contributed by atoms with Gasteiger partial charge in [0.05, 0.1) is 18.7 Å². The average Bonchev–Trinajstić information content (AvgIpc) is 3.18. The Morgan fingerprint density at radius 1 is 1.21 bits per heavy atom. The van der Waals surface area contributed by atoms with E-state index in [-0.39, 0.29) is 17.5 Å². The Hall–Kier alpha value is -2.77. The molecule has 0 saturated heterocycles. The highest BCUT2D eigenvalue weighted by Gasteiger charge is 2.17. The summed E-state index contributed by atoms with van der Waals surface area (Å²) in [5, 5.41) is 10.3. The second-order valence-electron chi connectivity index (χ2n) is 5.86. The molecule has 9 heteroatoms. The summed E-state index contributed by atoms with van der Waals surface area (Å²) in [5.74, 6) is 1.83. The molecule has 7 nitrogen and oxygen atoms in total. The van der Waals surface area contributed by atoms with Crippen molar-refractivity contribution in [2.45, 2.75) is 19.6 Å². The summed E-state index contributed by atoms with van der Waals surface area (Å²) in [5.41, 5.74) is 0.835. The first-order valence-corrected chi connectivity index (χ1v) is 9.17. The van der Waals surface area contributed by atoms with Gasteiger partial charge in [0, 0.05) is 5.56 Å². The van der Waals surface area contributed by atoms with E-state index < -0.39 is 6.10 Å². The number of hydrogen-bond acceptors (Lipinski definition) is 5. The number of carbonyl (C=O) groups excluding carboxylic acids is 1. The number of aromatic nitrogens is 3. The van der Waals surface area contributed by atoms with Crippen molar-refractivity contribution in [1.29, 1.82) is 0 Å². The summed E-state index contributed by atoms with van der Waals surface area (Å²) in [6.07, 6.45) is -0.764.